The number of amides is 1. The number of benzene rings is 3. The summed E-state index contributed by atoms with van der Waals surface area (Å²) < 4.78 is 18.4. The lowest BCUT2D eigenvalue weighted by molar-refractivity contribution is -0.120. The minimum absolute atomic E-state index is 0.145. The van der Waals surface area contributed by atoms with E-state index in [0.717, 1.165) is 27.9 Å². The number of halogens is 1. The number of H-pyrrole nitrogens is 1. The molecule has 0 fully saturated rings. The number of carbonyl (C=O) groups excluding carboxylic acids is 1. The van der Waals surface area contributed by atoms with E-state index in [9.17, 15) is 9.18 Å². The van der Waals surface area contributed by atoms with E-state index in [2.05, 4.69) is 15.3 Å². The molecule has 0 aliphatic carbocycles. The van der Waals surface area contributed by atoms with Gasteiger partial charge in [-0.2, -0.15) is 0 Å². The predicted molar refractivity (Wildman–Crippen MR) is 116 cm³/mol. The summed E-state index contributed by atoms with van der Waals surface area (Å²) in [5.41, 5.74) is 3.35. The third-order valence-corrected chi connectivity index (χ3v) is 5.76. The van der Waals surface area contributed by atoms with E-state index in [1.165, 1.54) is 23.9 Å². The topological polar surface area (TPSA) is 67.0 Å². The van der Waals surface area contributed by atoms with Gasteiger partial charge < -0.3 is 15.0 Å². The van der Waals surface area contributed by atoms with Crippen molar-refractivity contribution in [3.05, 3.63) is 89.7 Å². The first-order chi connectivity index (χ1) is 14.6. The Kier molecular flexibility index (Phi) is 5.99. The average Bonchev–Trinajstić information content (AvgIpc) is 3.19. The van der Waals surface area contributed by atoms with Crippen molar-refractivity contribution in [3.63, 3.8) is 0 Å². The summed E-state index contributed by atoms with van der Waals surface area (Å²) in [5.74, 6) is 0.289. The third-order valence-electron chi connectivity index (χ3n) is 4.62. The Hall–Kier alpha value is -3.32. The Morgan fingerprint density at radius 1 is 1.13 bits per heavy atom. The van der Waals surface area contributed by atoms with Gasteiger partial charge in [0.25, 0.3) is 0 Å². The number of carbonyl (C=O) groups is 1. The van der Waals surface area contributed by atoms with Crippen LogP contribution in [-0.2, 0) is 11.3 Å². The molecule has 0 aliphatic heterocycles. The van der Waals surface area contributed by atoms with Crippen molar-refractivity contribution in [2.75, 3.05) is 7.11 Å². The largest absolute Gasteiger partial charge is 0.497 e. The first kappa shape index (κ1) is 20.0. The lowest BCUT2D eigenvalue weighted by atomic mass is 10.1. The number of nitrogens with zero attached hydrogens (tertiary/aromatic N) is 1. The molecule has 0 saturated carbocycles. The molecule has 1 atom stereocenters. The average molecular weight is 421 g/mol. The molecule has 0 saturated heterocycles. The molecular formula is C23H20FN3O2S. The van der Waals surface area contributed by atoms with E-state index >= 15 is 0 Å². The van der Waals surface area contributed by atoms with E-state index in [-0.39, 0.29) is 11.7 Å². The number of ether oxygens (including phenoxy) is 1. The molecule has 0 radical (unpaired) electrons. The van der Waals surface area contributed by atoms with Crippen LogP contribution >= 0.6 is 11.8 Å². The molecule has 5 nitrogen and oxygen atoms in total. The molecule has 1 amide bonds. The molecule has 0 bridgehead atoms. The van der Waals surface area contributed by atoms with Gasteiger partial charge >= 0.3 is 0 Å². The lowest BCUT2D eigenvalue weighted by Gasteiger charge is -2.16. The van der Waals surface area contributed by atoms with E-state index < -0.39 is 5.25 Å². The molecule has 152 valence electrons. The van der Waals surface area contributed by atoms with Gasteiger partial charge in [0.05, 0.1) is 18.1 Å². The minimum Gasteiger partial charge on any atom is -0.497 e. The summed E-state index contributed by atoms with van der Waals surface area (Å²) in [7, 11) is 1.62. The van der Waals surface area contributed by atoms with E-state index in [1.54, 1.807) is 19.2 Å². The van der Waals surface area contributed by atoms with Gasteiger partial charge in [-0.25, -0.2) is 9.37 Å². The van der Waals surface area contributed by atoms with Crippen molar-refractivity contribution < 1.29 is 13.9 Å². The van der Waals surface area contributed by atoms with Gasteiger partial charge in [0.1, 0.15) is 16.8 Å². The van der Waals surface area contributed by atoms with Gasteiger partial charge in [0.15, 0.2) is 5.16 Å². The smallest absolute Gasteiger partial charge is 0.238 e. The van der Waals surface area contributed by atoms with Gasteiger partial charge in [-0.15, -0.1) is 0 Å². The normalized spacial score (nSPS) is 11.9. The molecule has 2 N–H and O–H groups in total. The molecule has 0 spiro atoms. The summed E-state index contributed by atoms with van der Waals surface area (Å²) in [4.78, 5) is 20.9. The Balaban J connectivity index is 1.55. The molecule has 7 heteroatoms. The van der Waals surface area contributed by atoms with Crippen LogP contribution in [0, 0.1) is 5.82 Å². The number of imidazole rings is 1. The molecule has 0 unspecified atom stereocenters. The van der Waals surface area contributed by atoms with Crippen LogP contribution in [0.5, 0.6) is 5.75 Å². The first-order valence-corrected chi connectivity index (χ1v) is 10.3. The van der Waals surface area contributed by atoms with Crippen LogP contribution in [0.25, 0.3) is 11.0 Å². The highest BCUT2D eigenvalue weighted by molar-refractivity contribution is 8.00. The zero-order valence-electron chi connectivity index (χ0n) is 16.3. The highest BCUT2D eigenvalue weighted by Crippen LogP contribution is 2.35. The highest BCUT2D eigenvalue weighted by Gasteiger charge is 2.23. The van der Waals surface area contributed by atoms with Gasteiger partial charge in [-0.1, -0.05) is 54.2 Å². The number of fused-ring (bicyclic) bond motifs is 1. The molecule has 4 rings (SSSR count). The Morgan fingerprint density at radius 2 is 1.90 bits per heavy atom. The van der Waals surface area contributed by atoms with Crippen molar-refractivity contribution in [1.29, 1.82) is 0 Å². The molecule has 0 aliphatic rings. The fraction of sp³-hybridized carbons (Fsp3) is 0.130. The lowest BCUT2D eigenvalue weighted by Crippen LogP contribution is -2.27. The van der Waals surface area contributed by atoms with Crippen LogP contribution in [0.2, 0.25) is 0 Å². The molecule has 30 heavy (non-hydrogen) atoms. The first-order valence-electron chi connectivity index (χ1n) is 9.40. The second kappa shape index (κ2) is 9.00. The highest BCUT2D eigenvalue weighted by atomic mass is 32.2. The zero-order valence-corrected chi connectivity index (χ0v) is 17.1. The number of rotatable bonds is 7. The van der Waals surface area contributed by atoms with Crippen molar-refractivity contribution in [1.82, 2.24) is 15.3 Å². The van der Waals surface area contributed by atoms with Gasteiger partial charge in [-0.05, 0) is 35.4 Å². The fourth-order valence-electron chi connectivity index (χ4n) is 3.04. The van der Waals surface area contributed by atoms with Crippen LogP contribution in [0.15, 0.2) is 78.0 Å². The fourth-order valence-corrected chi connectivity index (χ4v) is 4.07. The maximum absolute atomic E-state index is 13.1. The van der Waals surface area contributed by atoms with Crippen molar-refractivity contribution in [3.8, 4) is 5.75 Å². The summed E-state index contributed by atoms with van der Waals surface area (Å²) in [6.07, 6.45) is 0. The molecule has 4 aromatic rings. The summed E-state index contributed by atoms with van der Waals surface area (Å²) >= 11 is 1.35. The van der Waals surface area contributed by atoms with Gasteiger partial charge in [-0.3, -0.25) is 4.79 Å². The number of aromatic nitrogens is 2. The Labute approximate surface area is 177 Å². The summed E-state index contributed by atoms with van der Waals surface area (Å²) in [6.45, 7) is 0.320. The maximum atomic E-state index is 13.1. The molecule has 1 aromatic heterocycles. The SMILES string of the molecule is COc1ccc2nc(S[C@@H](C(=O)NCc3ccc(F)cc3)c3ccccc3)[nH]c2c1. The van der Waals surface area contributed by atoms with Crippen molar-refractivity contribution >= 4 is 28.7 Å². The second-order valence-corrected chi connectivity index (χ2v) is 7.77. The molecule has 3 aromatic carbocycles. The van der Waals surface area contributed by atoms with E-state index in [1.807, 2.05) is 48.5 Å². The minimum atomic E-state index is -0.492. The quantitative estimate of drug-likeness (QED) is 0.418. The number of aromatic amines is 1. The van der Waals surface area contributed by atoms with Gasteiger partial charge in [0.2, 0.25) is 5.91 Å². The Morgan fingerprint density at radius 3 is 2.63 bits per heavy atom. The summed E-state index contributed by atoms with van der Waals surface area (Å²) in [5, 5.41) is 3.10. The standard InChI is InChI=1S/C23H20FN3O2S/c1-29-18-11-12-19-20(13-18)27-23(26-19)30-21(16-5-3-2-4-6-16)22(28)25-14-15-7-9-17(24)10-8-15/h2-13,21H,14H2,1H3,(H,25,28)(H,26,27)/t21-/m1/s1. The summed E-state index contributed by atoms with van der Waals surface area (Å²) in [6, 6.07) is 21.2. The number of hydrogen-bond acceptors (Lipinski definition) is 4. The Bertz CT molecular complexity index is 1150. The maximum Gasteiger partial charge on any atom is 0.238 e. The van der Waals surface area contributed by atoms with E-state index in [0.29, 0.717) is 11.7 Å². The molecule has 1 heterocycles. The van der Waals surface area contributed by atoms with Crippen LogP contribution < -0.4 is 10.1 Å². The zero-order chi connectivity index (χ0) is 20.9. The predicted octanol–water partition coefficient (Wildman–Crippen LogP) is 4.86. The number of thioether (sulfide) groups is 1. The molecular weight excluding hydrogens is 401 g/mol. The van der Waals surface area contributed by atoms with Crippen LogP contribution in [0.3, 0.4) is 0 Å². The number of hydrogen-bond donors (Lipinski definition) is 2. The third kappa shape index (κ3) is 4.63. The van der Waals surface area contributed by atoms with Crippen molar-refractivity contribution in [2.45, 2.75) is 17.0 Å². The monoisotopic (exact) mass is 421 g/mol. The number of methoxy groups -OCH3 is 1. The van der Waals surface area contributed by atoms with Crippen LogP contribution in [0.4, 0.5) is 4.39 Å². The van der Waals surface area contributed by atoms with Gasteiger partial charge in [0, 0.05) is 12.6 Å². The second-order valence-electron chi connectivity index (χ2n) is 6.68. The van der Waals surface area contributed by atoms with Crippen molar-refractivity contribution in [2.24, 2.45) is 0 Å². The van der Waals surface area contributed by atoms with Crippen LogP contribution in [-0.4, -0.2) is 23.0 Å². The van der Waals surface area contributed by atoms with Crippen LogP contribution in [0.1, 0.15) is 16.4 Å². The van der Waals surface area contributed by atoms with E-state index in [4.69, 9.17) is 4.74 Å². The number of nitrogens with one attached hydrogen (secondary N) is 2.